The monoisotopic (exact) mass is 291 g/mol. The van der Waals surface area contributed by atoms with Crippen LogP contribution in [0, 0.1) is 5.92 Å². The van der Waals surface area contributed by atoms with E-state index in [4.69, 9.17) is 5.73 Å². The molecule has 2 aromatic rings. The van der Waals surface area contributed by atoms with Crippen molar-refractivity contribution in [2.24, 2.45) is 11.7 Å². The Balaban J connectivity index is 2.21. The second kappa shape index (κ2) is 6.51. The molecular weight excluding hydrogens is 274 g/mol. The van der Waals surface area contributed by atoms with Crippen LogP contribution in [0.5, 0.6) is 0 Å². The fourth-order valence-electron chi connectivity index (χ4n) is 1.76. The summed E-state index contributed by atoms with van der Waals surface area (Å²) in [6.07, 6.45) is 0. The summed E-state index contributed by atoms with van der Waals surface area (Å²) in [5.41, 5.74) is 6.35. The minimum absolute atomic E-state index is 0.403. The number of rotatable bonds is 6. The predicted octanol–water partition coefficient (Wildman–Crippen LogP) is 1.65. The van der Waals surface area contributed by atoms with Gasteiger partial charge in [0.25, 0.3) is 0 Å². The summed E-state index contributed by atoms with van der Waals surface area (Å²) in [6.45, 7) is 4.87. The summed E-state index contributed by atoms with van der Waals surface area (Å²) in [7, 11) is 0. The van der Waals surface area contributed by atoms with Crippen LogP contribution in [0.4, 0.5) is 0 Å². The fraction of sp³-hybridized carbons (Fsp3) is 0.385. The lowest BCUT2D eigenvalue weighted by molar-refractivity contribution is -0.117. The molecule has 0 aliphatic carbocycles. The van der Waals surface area contributed by atoms with E-state index in [0.29, 0.717) is 17.6 Å². The third-order valence-electron chi connectivity index (χ3n) is 2.62. The first-order valence-electron chi connectivity index (χ1n) is 6.35. The fourth-order valence-corrected chi connectivity index (χ4v) is 2.70. The molecule has 2 rings (SSSR count). The van der Waals surface area contributed by atoms with Gasteiger partial charge in [-0.05, 0) is 21.9 Å². The Kier molecular flexibility index (Phi) is 4.73. The van der Waals surface area contributed by atoms with Crippen LogP contribution < -0.4 is 5.73 Å². The van der Waals surface area contributed by atoms with Gasteiger partial charge in [-0.1, -0.05) is 55.9 Å². The van der Waals surface area contributed by atoms with Crippen molar-refractivity contribution in [2.75, 3.05) is 0 Å². The Hall–Kier alpha value is -1.89. The maximum Gasteiger partial charge on any atom is 0.235 e. The Labute approximate surface area is 121 Å². The molecule has 0 radical (unpaired) electrons. The van der Waals surface area contributed by atoms with Gasteiger partial charge in [-0.3, -0.25) is 4.79 Å². The van der Waals surface area contributed by atoms with Gasteiger partial charge in [0.15, 0.2) is 0 Å². The SMILES string of the molecule is CC(C)Cn1nnnc1S[C@H](C(N)=O)c1ccccc1. The summed E-state index contributed by atoms with van der Waals surface area (Å²) >= 11 is 1.28. The minimum Gasteiger partial charge on any atom is -0.368 e. The molecular formula is C13H17N5OS. The van der Waals surface area contributed by atoms with Crippen LogP contribution in [0.15, 0.2) is 35.5 Å². The Morgan fingerprint density at radius 2 is 2.05 bits per heavy atom. The molecule has 0 saturated carbocycles. The molecule has 1 heterocycles. The molecule has 0 fully saturated rings. The van der Waals surface area contributed by atoms with Crippen LogP contribution >= 0.6 is 11.8 Å². The van der Waals surface area contributed by atoms with E-state index in [2.05, 4.69) is 29.4 Å². The van der Waals surface area contributed by atoms with Crippen LogP contribution in [0.2, 0.25) is 0 Å². The van der Waals surface area contributed by atoms with Crippen molar-refractivity contribution in [3.8, 4) is 0 Å². The summed E-state index contributed by atoms with van der Waals surface area (Å²) in [6, 6.07) is 9.40. The van der Waals surface area contributed by atoms with Gasteiger partial charge in [0.05, 0.1) is 0 Å². The van der Waals surface area contributed by atoms with E-state index in [9.17, 15) is 4.79 Å². The number of amides is 1. The molecule has 106 valence electrons. The van der Waals surface area contributed by atoms with Gasteiger partial charge in [-0.2, -0.15) is 0 Å². The standard InChI is InChI=1S/C13H17N5OS/c1-9(2)8-18-13(15-16-17-18)20-11(12(14)19)10-6-4-3-5-7-10/h3-7,9,11H,8H2,1-2H3,(H2,14,19)/t11-/m0/s1. The van der Waals surface area contributed by atoms with Gasteiger partial charge in [0, 0.05) is 6.54 Å². The maximum atomic E-state index is 11.7. The van der Waals surface area contributed by atoms with E-state index in [-0.39, 0.29) is 0 Å². The first-order valence-corrected chi connectivity index (χ1v) is 7.23. The lowest BCUT2D eigenvalue weighted by atomic mass is 10.1. The van der Waals surface area contributed by atoms with E-state index >= 15 is 0 Å². The summed E-state index contributed by atoms with van der Waals surface area (Å²) in [5, 5.41) is 11.7. The molecule has 0 aliphatic rings. The molecule has 0 bridgehead atoms. The van der Waals surface area contributed by atoms with Gasteiger partial charge in [0.2, 0.25) is 11.1 Å². The van der Waals surface area contributed by atoms with Crippen LogP contribution in [0.1, 0.15) is 24.7 Å². The largest absolute Gasteiger partial charge is 0.368 e. The van der Waals surface area contributed by atoms with Crippen molar-refractivity contribution in [3.63, 3.8) is 0 Å². The Bertz CT molecular complexity index is 569. The molecule has 1 amide bonds. The number of thioether (sulfide) groups is 1. The molecule has 0 saturated heterocycles. The lowest BCUT2D eigenvalue weighted by Crippen LogP contribution is -2.19. The molecule has 1 aromatic heterocycles. The molecule has 0 unspecified atom stereocenters. The van der Waals surface area contributed by atoms with Crippen molar-refractivity contribution >= 4 is 17.7 Å². The highest BCUT2D eigenvalue weighted by Gasteiger charge is 2.22. The van der Waals surface area contributed by atoms with Crippen molar-refractivity contribution in [3.05, 3.63) is 35.9 Å². The van der Waals surface area contributed by atoms with E-state index in [1.54, 1.807) is 4.68 Å². The molecule has 7 heteroatoms. The summed E-state index contributed by atoms with van der Waals surface area (Å²) in [4.78, 5) is 11.7. The van der Waals surface area contributed by atoms with Crippen molar-refractivity contribution < 1.29 is 4.79 Å². The van der Waals surface area contributed by atoms with Crippen molar-refractivity contribution in [2.45, 2.75) is 30.8 Å². The van der Waals surface area contributed by atoms with Crippen LogP contribution in [-0.2, 0) is 11.3 Å². The third-order valence-corrected chi connectivity index (χ3v) is 3.86. The van der Waals surface area contributed by atoms with Gasteiger partial charge in [0.1, 0.15) is 5.25 Å². The quantitative estimate of drug-likeness (QED) is 0.818. The first kappa shape index (κ1) is 14.5. The number of primary amides is 1. The lowest BCUT2D eigenvalue weighted by Gasteiger charge is -2.13. The zero-order valence-electron chi connectivity index (χ0n) is 11.4. The van der Waals surface area contributed by atoms with Gasteiger partial charge in [-0.15, -0.1) is 5.10 Å². The normalized spacial score (nSPS) is 12.6. The van der Waals surface area contributed by atoms with Crippen molar-refractivity contribution in [1.82, 2.24) is 20.2 Å². The number of aromatic nitrogens is 4. The number of benzene rings is 1. The average Bonchev–Trinajstić information content (AvgIpc) is 2.83. The second-order valence-electron chi connectivity index (χ2n) is 4.85. The van der Waals surface area contributed by atoms with Crippen LogP contribution in [0.3, 0.4) is 0 Å². The molecule has 2 N–H and O–H groups in total. The highest BCUT2D eigenvalue weighted by molar-refractivity contribution is 8.00. The van der Waals surface area contributed by atoms with Crippen LogP contribution in [0.25, 0.3) is 0 Å². The third kappa shape index (κ3) is 3.57. The Morgan fingerprint density at radius 1 is 1.35 bits per heavy atom. The number of hydrogen-bond donors (Lipinski definition) is 1. The zero-order chi connectivity index (χ0) is 14.5. The van der Waals surface area contributed by atoms with E-state index in [0.717, 1.165) is 5.56 Å². The smallest absolute Gasteiger partial charge is 0.235 e. The second-order valence-corrected chi connectivity index (χ2v) is 5.92. The van der Waals surface area contributed by atoms with Gasteiger partial charge >= 0.3 is 0 Å². The maximum absolute atomic E-state index is 11.7. The van der Waals surface area contributed by atoms with Gasteiger partial charge < -0.3 is 5.73 Å². The average molecular weight is 291 g/mol. The van der Waals surface area contributed by atoms with E-state index in [1.165, 1.54) is 11.8 Å². The molecule has 0 spiro atoms. The van der Waals surface area contributed by atoms with Crippen molar-refractivity contribution in [1.29, 1.82) is 0 Å². The Morgan fingerprint density at radius 3 is 2.65 bits per heavy atom. The first-order chi connectivity index (χ1) is 9.58. The number of carbonyl (C=O) groups excluding carboxylic acids is 1. The van der Waals surface area contributed by atoms with E-state index < -0.39 is 11.2 Å². The summed E-state index contributed by atoms with van der Waals surface area (Å²) < 4.78 is 1.70. The topological polar surface area (TPSA) is 86.7 Å². The number of nitrogens with zero attached hydrogens (tertiary/aromatic N) is 4. The van der Waals surface area contributed by atoms with E-state index in [1.807, 2.05) is 30.3 Å². The molecule has 20 heavy (non-hydrogen) atoms. The minimum atomic E-state index is -0.492. The highest BCUT2D eigenvalue weighted by Crippen LogP contribution is 2.33. The molecule has 0 aliphatic heterocycles. The molecule has 1 aromatic carbocycles. The highest BCUT2D eigenvalue weighted by atomic mass is 32.2. The number of carbonyl (C=O) groups is 1. The number of nitrogens with two attached hydrogens (primary N) is 1. The predicted molar refractivity (Wildman–Crippen MR) is 76.9 cm³/mol. The number of tetrazole rings is 1. The number of hydrogen-bond acceptors (Lipinski definition) is 5. The summed E-state index contributed by atoms with van der Waals surface area (Å²) in [5.74, 6) is 0.0156. The van der Waals surface area contributed by atoms with Crippen LogP contribution in [-0.4, -0.2) is 26.1 Å². The molecule has 1 atom stereocenters. The molecule has 6 nitrogen and oxygen atoms in total. The zero-order valence-corrected chi connectivity index (χ0v) is 12.2. The van der Waals surface area contributed by atoms with Gasteiger partial charge in [-0.25, -0.2) is 4.68 Å².